The number of anilines is 1. The maximum absolute atomic E-state index is 13.4. The van der Waals surface area contributed by atoms with Crippen molar-refractivity contribution in [3.8, 4) is 0 Å². The highest BCUT2D eigenvalue weighted by molar-refractivity contribution is 6.33. The zero-order chi connectivity index (χ0) is 22.6. The summed E-state index contributed by atoms with van der Waals surface area (Å²) in [4.78, 5) is 21.8. The van der Waals surface area contributed by atoms with Crippen molar-refractivity contribution in [3.05, 3.63) is 71.0 Å². The Morgan fingerprint density at radius 3 is 2.73 bits per heavy atom. The van der Waals surface area contributed by atoms with Gasteiger partial charge >= 0.3 is 0 Å². The molecule has 1 amide bonds. The Balaban J connectivity index is 1.31. The molecule has 2 aliphatic rings. The largest absolute Gasteiger partial charge is 0.379 e. The fourth-order valence-electron chi connectivity index (χ4n) is 4.66. The Kier molecular flexibility index (Phi) is 6.76. The number of rotatable bonds is 4. The van der Waals surface area contributed by atoms with Gasteiger partial charge in [-0.2, -0.15) is 0 Å². The van der Waals surface area contributed by atoms with Crippen LogP contribution in [0.1, 0.15) is 15.9 Å². The molecule has 2 aliphatic heterocycles. The number of amides is 1. The van der Waals surface area contributed by atoms with Crippen molar-refractivity contribution in [2.45, 2.75) is 6.42 Å². The van der Waals surface area contributed by atoms with Crippen LogP contribution in [-0.4, -0.2) is 68.4 Å². The number of fused-ring (bicyclic) bond motifs is 1. The zero-order valence-electron chi connectivity index (χ0n) is 18.6. The molecular formula is C26H28ClN3O3. The van der Waals surface area contributed by atoms with Gasteiger partial charge in [0.25, 0.3) is 5.91 Å². The predicted molar refractivity (Wildman–Crippen MR) is 130 cm³/mol. The van der Waals surface area contributed by atoms with Crippen molar-refractivity contribution < 1.29 is 14.3 Å². The number of pyridine rings is 1. The van der Waals surface area contributed by atoms with Gasteiger partial charge in [-0.1, -0.05) is 23.7 Å². The molecule has 1 aromatic heterocycles. The number of nitrogens with zero attached hydrogens (tertiary/aromatic N) is 3. The van der Waals surface area contributed by atoms with Crippen LogP contribution in [0.2, 0.25) is 5.02 Å². The highest BCUT2D eigenvalue weighted by Gasteiger charge is 2.25. The average Bonchev–Trinajstić information content (AvgIpc) is 3.10. The van der Waals surface area contributed by atoms with E-state index in [9.17, 15) is 4.79 Å². The smallest absolute Gasteiger partial charge is 0.254 e. The first-order valence-electron chi connectivity index (χ1n) is 11.5. The first-order valence-corrected chi connectivity index (χ1v) is 11.9. The quantitative estimate of drug-likeness (QED) is 0.581. The minimum Gasteiger partial charge on any atom is -0.379 e. The third kappa shape index (κ3) is 5.13. The number of hydrogen-bond donors (Lipinski definition) is 0. The monoisotopic (exact) mass is 465 g/mol. The molecule has 0 aliphatic carbocycles. The van der Waals surface area contributed by atoms with Gasteiger partial charge in [0.15, 0.2) is 0 Å². The van der Waals surface area contributed by atoms with Crippen molar-refractivity contribution in [1.82, 2.24) is 9.88 Å². The highest BCUT2D eigenvalue weighted by atomic mass is 35.5. The van der Waals surface area contributed by atoms with E-state index in [0.29, 0.717) is 50.1 Å². The lowest BCUT2D eigenvalue weighted by atomic mass is 9.97. The third-order valence-electron chi connectivity index (χ3n) is 6.40. The Hall–Kier alpha value is -2.67. The maximum atomic E-state index is 13.4. The molecule has 0 bridgehead atoms. The molecule has 0 N–H and O–H groups in total. The fourth-order valence-corrected chi connectivity index (χ4v) is 4.90. The Morgan fingerprint density at radius 2 is 1.85 bits per heavy atom. The van der Waals surface area contributed by atoms with Crippen molar-refractivity contribution in [2.75, 3.05) is 57.5 Å². The molecule has 1 atom stereocenters. The van der Waals surface area contributed by atoms with E-state index in [1.165, 1.54) is 10.9 Å². The van der Waals surface area contributed by atoms with Crippen molar-refractivity contribution >= 4 is 34.0 Å². The lowest BCUT2D eigenvalue weighted by Gasteiger charge is -2.30. The van der Waals surface area contributed by atoms with Crippen LogP contribution in [-0.2, 0) is 15.9 Å². The second-order valence-electron chi connectivity index (χ2n) is 8.72. The van der Waals surface area contributed by atoms with Crippen LogP contribution in [0.5, 0.6) is 0 Å². The molecule has 6 nitrogen and oxygen atoms in total. The molecule has 2 fully saturated rings. The molecule has 2 saturated heterocycles. The number of halogens is 1. The number of carbonyl (C=O) groups is 1. The number of hydrogen-bond acceptors (Lipinski definition) is 5. The topological polar surface area (TPSA) is 54.9 Å². The first kappa shape index (κ1) is 22.1. The molecule has 5 rings (SSSR count). The van der Waals surface area contributed by atoms with E-state index < -0.39 is 0 Å². The minimum atomic E-state index is 0.0272. The summed E-state index contributed by atoms with van der Waals surface area (Å²) in [6.07, 6.45) is 4.56. The Labute approximate surface area is 199 Å². The number of morpholine rings is 1. The summed E-state index contributed by atoms with van der Waals surface area (Å²) in [5.41, 5.74) is 2.80. The summed E-state index contributed by atoms with van der Waals surface area (Å²) in [7, 11) is 0. The van der Waals surface area contributed by atoms with Crippen LogP contribution in [0.15, 0.2) is 54.9 Å². The molecule has 0 unspecified atom stereocenters. The third-order valence-corrected chi connectivity index (χ3v) is 6.72. The lowest BCUT2D eigenvalue weighted by Crippen LogP contribution is -2.38. The second-order valence-corrected chi connectivity index (χ2v) is 9.13. The molecule has 7 heteroatoms. The van der Waals surface area contributed by atoms with Crippen LogP contribution in [0.25, 0.3) is 10.8 Å². The summed E-state index contributed by atoms with van der Waals surface area (Å²) in [6, 6.07) is 14.1. The summed E-state index contributed by atoms with van der Waals surface area (Å²) < 4.78 is 11.3. The maximum Gasteiger partial charge on any atom is 0.254 e. The van der Waals surface area contributed by atoms with Gasteiger partial charge in [0.2, 0.25) is 0 Å². The molecule has 172 valence electrons. The van der Waals surface area contributed by atoms with E-state index in [1.54, 1.807) is 0 Å². The average molecular weight is 466 g/mol. The number of carbonyl (C=O) groups excluding carboxylic acids is 1. The van der Waals surface area contributed by atoms with Gasteiger partial charge in [-0.25, -0.2) is 0 Å². The van der Waals surface area contributed by atoms with E-state index in [1.807, 2.05) is 41.6 Å². The van der Waals surface area contributed by atoms with Crippen LogP contribution in [0.4, 0.5) is 5.69 Å². The molecule has 0 spiro atoms. The number of aromatic nitrogens is 1. The summed E-state index contributed by atoms with van der Waals surface area (Å²) in [5.74, 6) is 0.260. The first-order chi connectivity index (χ1) is 16.2. The van der Waals surface area contributed by atoms with Gasteiger partial charge in [-0.15, -0.1) is 0 Å². The molecule has 3 heterocycles. The normalized spacial score (nSPS) is 19.5. The van der Waals surface area contributed by atoms with Crippen LogP contribution >= 0.6 is 11.6 Å². The standard InChI is InChI=1S/C26H28ClN3O3/c27-24-4-3-22(15-25(24)29-7-10-32-11-8-29)26(31)30-9-12-33-18-20(17-30)13-19-1-2-21-5-6-28-16-23(21)14-19/h1-6,14-16,20H,7-13,17-18H2/t20-/m1/s1. The van der Waals surface area contributed by atoms with Crippen LogP contribution in [0, 0.1) is 5.92 Å². The van der Waals surface area contributed by atoms with Crippen molar-refractivity contribution in [3.63, 3.8) is 0 Å². The van der Waals surface area contributed by atoms with Gasteiger partial charge in [0.1, 0.15) is 0 Å². The second kappa shape index (κ2) is 10.1. The van der Waals surface area contributed by atoms with E-state index in [0.717, 1.165) is 30.6 Å². The van der Waals surface area contributed by atoms with Gasteiger partial charge in [0.05, 0.1) is 37.1 Å². The molecule has 0 radical (unpaired) electrons. The van der Waals surface area contributed by atoms with Gasteiger partial charge in [-0.3, -0.25) is 9.78 Å². The molecule has 2 aromatic carbocycles. The SMILES string of the molecule is O=C(c1ccc(Cl)c(N2CCOCC2)c1)N1CCOC[C@H](Cc2ccc3ccncc3c2)C1. The molecule has 33 heavy (non-hydrogen) atoms. The summed E-state index contributed by atoms with van der Waals surface area (Å²) in [5, 5.41) is 2.98. The van der Waals surface area contributed by atoms with Gasteiger partial charge in [0, 0.05) is 55.4 Å². The zero-order valence-corrected chi connectivity index (χ0v) is 19.3. The molecule has 0 saturated carbocycles. The van der Waals surface area contributed by atoms with E-state index in [2.05, 4.69) is 28.1 Å². The number of ether oxygens (including phenoxy) is 2. The Bertz CT molecular complexity index is 1130. The Morgan fingerprint density at radius 1 is 1.00 bits per heavy atom. The highest BCUT2D eigenvalue weighted by Crippen LogP contribution is 2.29. The van der Waals surface area contributed by atoms with Crippen molar-refractivity contribution in [1.29, 1.82) is 0 Å². The van der Waals surface area contributed by atoms with E-state index >= 15 is 0 Å². The minimum absolute atomic E-state index is 0.0272. The summed E-state index contributed by atoms with van der Waals surface area (Å²) in [6.45, 7) is 5.35. The number of benzene rings is 2. The van der Waals surface area contributed by atoms with Gasteiger partial charge < -0.3 is 19.3 Å². The van der Waals surface area contributed by atoms with Crippen LogP contribution < -0.4 is 4.90 Å². The fraction of sp³-hybridized carbons (Fsp3) is 0.385. The van der Waals surface area contributed by atoms with Crippen LogP contribution in [0.3, 0.4) is 0 Å². The summed E-state index contributed by atoms with van der Waals surface area (Å²) >= 11 is 6.47. The van der Waals surface area contributed by atoms with Gasteiger partial charge in [-0.05, 0) is 47.7 Å². The van der Waals surface area contributed by atoms with E-state index in [-0.39, 0.29) is 11.8 Å². The van der Waals surface area contributed by atoms with Crippen molar-refractivity contribution in [2.24, 2.45) is 5.92 Å². The predicted octanol–water partition coefficient (Wildman–Crippen LogP) is 4.06. The molecular weight excluding hydrogens is 438 g/mol. The lowest BCUT2D eigenvalue weighted by molar-refractivity contribution is 0.0737. The van der Waals surface area contributed by atoms with E-state index in [4.69, 9.17) is 21.1 Å². The molecule has 3 aromatic rings.